The van der Waals surface area contributed by atoms with Crippen LogP contribution in [0.15, 0.2) is 18.2 Å². The molecule has 1 unspecified atom stereocenters. The zero-order valence-corrected chi connectivity index (χ0v) is 13.1. The Bertz CT molecular complexity index is 626. The minimum Gasteiger partial charge on any atom is -0.458 e. The lowest BCUT2D eigenvalue weighted by molar-refractivity contribution is -0.394. The molecule has 0 spiro atoms. The van der Waals surface area contributed by atoms with E-state index in [4.69, 9.17) is 9.47 Å². The van der Waals surface area contributed by atoms with Crippen molar-refractivity contribution in [1.29, 1.82) is 0 Å². The summed E-state index contributed by atoms with van der Waals surface area (Å²) in [6.45, 7) is 2.43. The fourth-order valence-corrected chi connectivity index (χ4v) is 1.60. The molecule has 0 aromatic heterocycles. The number of esters is 2. The number of nitro benzene ring substituents is 2. The van der Waals surface area contributed by atoms with E-state index in [1.165, 1.54) is 0 Å². The molecule has 0 heterocycles. The lowest BCUT2D eigenvalue weighted by Gasteiger charge is -2.09. The summed E-state index contributed by atoms with van der Waals surface area (Å²) in [6.07, 6.45) is 0.561. The fraction of sp³-hybridized carbons (Fsp3) is 0.429. The number of rotatable bonds is 8. The molecule has 1 aromatic carbocycles. The number of carbonyl (C=O) groups excluding carboxylic acids is 2. The molecule has 0 bridgehead atoms. The second-order valence-electron chi connectivity index (χ2n) is 4.95. The van der Waals surface area contributed by atoms with E-state index in [-0.39, 0.29) is 11.5 Å². The van der Waals surface area contributed by atoms with Crippen LogP contribution in [-0.2, 0) is 25.7 Å². The number of hydrogen-bond acceptors (Lipinski definition) is 8. The van der Waals surface area contributed by atoms with Crippen LogP contribution < -0.4 is 0 Å². The summed E-state index contributed by atoms with van der Waals surface area (Å²) in [6, 6.07) is 2.93. The second kappa shape index (κ2) is 8.56. The third-order valence-electron chi connectivity index (χ3n) is 3.13. The molecule has 1 rings (SSSR count). The van der Waals surface area contributed by atoms with Gasteiger partial charge in [0.25, 0.3) is 11.4 Å². The summed E-state index contributed by atoms with van der Waals surface area (Å²) < 4.78 is 9.54. The van der Waals surface area contributed by atoms with E-state index in [9.17, 15) is 29.8 Å². The highest BCUT2D eigenvalue weighted by Gasteiger charge is 2.18. The van der Waals surface area contributed by atoms with Crippen LogP contribution in [0.4, 0.5) is 11.4 Å². The Morgan fingerprint density at radius 3 is 2.08 bits per heavy atom. The molecule has 1 atom stereocenters. The van der Waals surface area contributed by atoms with Crippen LogP contribution in [0, 0.1) is 26.1 Å². The molecule has 0 fully saturated rings. The summed E-state index contributed by atoms with van der Waals surface area (Å²) in [5.41, 5.74) is -0.894. The first-order valence-corrected chi connectivity index (χ1v) is 6.99. The summed E-state index contributed by atoms with van der Waals surface area (Å²) in [7, 11) is 0. The van der Waals surface area contributed by atoms with Gasteiger partial charge in [-0.1, -0.05) is 13.8 Å². The van der Waals surface area contributed by atoms with E-state index in [2.05, 4.69) is 0 Å². The molecular formula is C14H16N2O8. The van der Waals surface area contributed by atoms with Gasteiger partial charge in [-0.2, -0.15) is 0 Å². The topological polar surface area (TPSA) is 139 Å². The van der Waals surface area contributed by atoms with Gasteiger partial charge in [-0.25, -0.2) is 4.79 Å². The summed E-state index contributed by atoms with van der Waals surface area (Å²) in [4.78, 5) is 42.9. The third kappa shape index (κ3) is 5.63. The zero-order valence-electron chi connectivity index (χ0n) is 13.1. The molecule has 130 valence electrons. The van der Waals surface area contributed by atoms with Crippen molar-refractivity contribution in [1.82, 2.24) is 0 Å². The number of benzene rings is 1. The lowest BCUT2D eigenvalue weighted by atomic mass is 10.1. The molecule has 0 aliphatic rings. The molecule has 0 saturated heterocycles. The monoisotopic (exact) mass is 340 g/mol. The Hall–Kier alpha value is -3.04. The van der Waals surface area contributed by atoms with Crippen molar-refractivity contribution in [2.75, 3.05) is 6.61 Å². The molecular weight excluding hydrogens is 324 g/mol. The number of nitrogens with zero attached hydrogens (tertiary/aromatic N) is 2. The quantitative estimate of drug-likeness (QED) is 0.398. The van der Waals surface area contributed by atoms with Gasteiger partial charge in [0, 0.05) is 17.7 Å². The number of non-ortho nitro benzene ring substituents is 2. The average Bonchev–Trinajstić information content (AvgIpc) is 2.56. The Labute approximate surface area is 136 Å². The Balaban J connectivity index is 2.66. The number of ether oxygens (including phenoxy) is 2. The van der Waals surface area contributed by atoms with E-state index in [1.807, 2.05) is 0 Å². The molecule has 10 heteroatoms. The average molecular weight is 340 g/mol. The molecule has 0 radical (unpaired) electrons. The van der Waals surface area contributed by atoms with Crippen molar-refractivity contribution in [2.45, 2.75) is 26.9 Å². The van der Waals surface area contributed by atoms with Crippen molar-refractivity contribution in [3.8, 4) is 0 Å². The standard InChI is InChI=1S/C14H16N2O8/c1-3-9(2)14(18)24-8-13(17)23-7-10-4-11(15(19)20)6-12(5-10)16(21)22/h4-6,9H,3,7-8H2,1-2H3. The summed E-state index contributed by atoms with van der Waals surface area (Å²) in [5, 5.41) is 21.5. The lowest BCUT2D eigenvalue weighted by Crippen LogP contribution is -2.20. The first-order valence-electron chi connectivity index (χ1n) is 6.99. The molecule has 0 N–H and O–H groups in total. The van der Waals surface area contributed by atoms with Crippen LogP contribution in [-0.4, -0.2) is 28.4 Å². The molecule has 0 aliphatic heterocycles. The Morgan fingerprint density at radius 2 is 1.62 bits per heavy atom. The van der Waals surface area contributed by atoms with E-state index in [0.29, 0.717) is 6.42 Å². The molecule has 1 aromatic rings. The predicted molar refractivity (Wildman–Crippen MR) is 80.0 cm³/mol. The SMILES string of the molecule is CCC(C)C(=O)OCC(=O)OCc1cc([N+](=O)[O-])cc([N+](=O)[O-])c1. The van der Waals surface area contributed by atoms with Crippen molar-refractivity contribution in [2.24, 2.45) is 5.92 Å². The first-order chi connectivity index (χ1) is 11.2. The molecule has 0 aliphatic carbocycles. The van der Waals surface area contributed by atoms with Crippen LogP contribution >= 0.6 is 0 Å². The highest BCUT2D eigenvalue weighted by atomic mass is 16.6. The molecule has 24 heavy (non-hydrogen) atoms. The van der Waals surface area contributed by atoms with Crippen molar-refractivity contribution in [3.63, 3.8) is 0 Å². The van der Waals surface area contributed by atoms with Crippen LogP contribution in [0.25, 0.3) is 0 Å². The minimum absolute atomic E-state index is 0.0810. The maximum absolute atomic E-state index is 11.5. The van der Waals surface area contributed by atoms with E-state index in [1.54, 1.807) is 13.8 Å². The minimum atomic E-state index is -0.860. The van der Waals surface area contributed by atoms with Gasteiger partial charge in [0.2, 0.25) is 0 Å². The van der Waals surface area contributed by atoms with Crippen molar-refractivity contribution in [3.05, 3.63) is 44.0 Å². The number of carbonyl (C=O) groups is 2. The first kappa shape index (κ1) is 19.0. The zero-order chi connectivity index (χ0) is 18.3. The molecule has 0 saturated carbocycles. The Kier molecular flexibility index (Phi) is 6.78. The highest BCUT2D eigenvalue weighted by Crippen LogP contribution is 2.23. The third-order valence-corrected chi connectivity index (χ3v) is 3.13. The van der Waals surface area contributed by atoms with Gasteiger partial charge in [-0.15, -0.1) is 0 Å². The smallest absolute Gasteiger partial charge is 0.344 e. The van der Waals surface area contributed by atoms with Crippen LogP contribution in [0.5, 0.6) is 0 Å². The van der Waals surface area contributed by atoms with E-state index >= 15 is 0 Å². The fourth-order valence-electron chi connectivity index (χ4n) is 1.60. The van der Waals surface area contributed by atoms with Gasteiger partial charge in [-0.05, 0) is 6.42 Å². The summed E-state index contributed by atoms with van der Waals surface area (Å²) in [5.74, 6) is -1.75. The van der Waals surface area contributed by atoms with Crippen molar-refractivity contribution >= 4 is 23.3 Å². The Morgan fingerprint density at radius 1 is 1.08 bits per heavy atom. The number of nitro groups is 2. The van der Waals surface area contributed by atoms with Crippen LogP contribution in [0.2, 0.25) is 0 Å². The molecule has 0 amide bonds. The second-order valence-corrected chi connectivity index (χ2v) is 4.95. The summed E-state index contributed by atoms with van der Waals surface area (Å²) >= 11 is 0. The van der Waals surface area contributed by atoms with Crippen LogP contribution in [0.1, 0.15) is 25.8 Å². The predicted octanol–water partition coefficient (Wildman–Crippen LogP) is 2.14. The van der Waals surface area contributed by atoms with Gasteiger partial charge in [-0.3, -0.25) is 25.0 Å². The van der Waals surface area contributed by atoms with Gasteiger partial charge >= 0.3 is 11.9 Å². The van der Waals surface area contributed by atoms with Gasteiger partial charge in [0.15, 0.2) is 6.61 Å². The highest BCUT2D eigenvalue weighted by molar-refractivity contribution is 5.77. The van der Waals surface area contributed by atoms with Gasteiger partial charge in [0.05, 0.1) is 21.8 Å². The van der Waals surface area contributed by atoms with E-state index < -0.39 is 46.4 Å². The maximum Gasteiger partial charge on any atom is 0.344 e. The molecule has 10 nitrogen and oxygen atoms in total. The maximum atomic E-state index is 11.5. The van der Waals surface area contributed by atoms with E-state index in [0.717, 1.165) is 18.2 Å². The van der Waals surface area contributed by atoms with Crippen molar-refractivity contribution < 1.29 is 28.9 Å². The largest absolute Gasteiger partial charge is 0.458 e. The number of hydrogen-bond donors (Lipinski definition) is 0. The normalized spacial score (nSPS) is 11.4. The van der Waals surface area contributed by atoms with Gasteiger partial charge in [0.1, 0.15) is 6.61 Å². The van der Waals surface area contributed by atoms with Crippen LogP contribution in [0.3, 0.4) is 0 Å². The van der Waals surface area contributed by atoms with Gasteiger partial charge < -0.3 is 9.47 Å².